The van der Waals surface area contributed by atoms with Crippen molar-refractivity contribution in [2.45, 2.75) is 71.2 Å². The van der Waals surface area contributed by atoms with Gasteiger partial charge in [-0.25, -0.2) is 0 Å². The minimum atomic E-state index is -0.0321. The maximum atomic E-state index is 13.0. The van der Waals surface area contributed by atoms with E-state index in [9.17, 15) is 4.79 Å². The molecule has 5 heteroatoms. The second kappa shape index (κ2) is 7.20. The van der Waals surface area contributed by atoms with E-state index in [1.54, 1.807) is 0 Å². The Morgan fingerprint density at radius 2 is 1.94 bits per heavy atom. The van der Waals surface area contributed by atoms with E-state index in [1.807, 2.05) is 0 Å². The Morgan fingerprint density at radius 1 is 1.16 bits per heavy atom. The monoisotopic (exact) mass is 438 g/mol. The molecular weight excluding hydrogens is 400 g/mol. The lowest BCUT2D eigenvalue weighted by Crippen LogP contribution is -2.55. The first-order valence-electron chi connectivity index (χ1n) is 12.8. The zero-order chi connectivity index (χ0) is 22.3. The fourth-order valence-electron chi connectivity index (χ4n) is 7.97. The molecule has 5 fully saturated rings. The third kappa shape index (κ3) is 2.86. The van der Waals surface area contributed by atoms with Crippen LogP contribution in [0, 0.1) is 37.0 Å². The molecule has 6 rings (SSSR count). The van der Waals surface area contributed by atoms with Gasteiger partial charge in [-0.3, -0.25) is 9.69 Å². The van der Waals surface area contributed by atoms with Gasteiger partial charge < -0.3 is 14.4 Å². The molecule has 2 aliphatic carbocycles. The number of rotatable bonds is 3. The zero-order valence-electron chi connectivity index (χ0n) is 20.1. The van der Waals surface area contributed by atoms with E-state index in [0.717, 1.165) is 39.1 Å². The van der Waals surface area contributed by atoms with Crippen LogP contribution in [-0.2, 0) is 14.3 Å². The third-order valence-corrected chi connectivity index (χ3v) is 9.94. The van der Waals surface area contributed by atoms with E-state index in [1.165, 1.54) is 36.1 Å². The quantitative estimate of drug-likeness (QED) is 0.528. The van der Waals surface area contributed by atoms with Crippen LogP contribution in [-0.4, -0.2) is 61.4 Å². The minimum absolute atomic E-state index is 0.0000399. The first-order chi connectivity index (χ1) is 15.3. The van der Waals surface area contributed by atoms with Crippen molar-refractivity contribution in [1.29, 1.82) is 0 Å². The number of esters is 1. The normalized spacial score (nSPS) is 43.3. The van der Waals surface area contributed by atoms with Crippen molar-refractivity contribution in [3.63, 3.8) is 0 Å². The molecular formula is C27H38N2O3. The summed E-state index contributed by atoms with van der Waals surface area (Å²) >= 11 is 0. The maximum Gasteiger partial charge on any atom is 0.311 e. The summed E-state index contributed by atoms with van der Waals surface area (Å²) in [6, 6.07) is 6.59. The van der Waals surface area contributed by atoms with E-state index in [2.05, 4.69) is 55.7 Å². The number of ether oxygens (including phenoxy) is 2. The lowest BCUT2D eigenvalue weighted by molar-refractivity contribution is -0.146. The molecule has 7 atom stereocenters. The SMILES string of the molecule is Cc1cccc(N2CCN(C[C@@H]3C(=O)O[C@@H]4C[C@]5(C)CCC[C@H](C)[C@]56O[C@H]6[C@@H]34)CC2)c1C. The number of hydrogen-bond donors (Lipinski definition) is 0. The summed E-state index contributed by atoms with van der Waals surface area (Å²) in [4.78, 5) is 18.0. The van der Waals surface area contributed by atoms with Gasteiger partial charge in [-0.05, 0) is 56.2 Å². The fraction of sp³-hybridized carbons (Fsp3) is 0.741. The number of anilines is 1. The summed E-state index contributed by atoms with van der Waals surface area (Å²) in [7, 11) is 0. The summed E-state index contributed by atoms with van der Waals surface area (Å²) in [6.45, 7) is 14.0. The number of carbonyl (C=O) groups is 1. The predicted molar refractivity (Wildman–Crippen MR) is 125 cm³/mol. The van der Waals surface area contributed by atoms with Crippen LogP contribution in [0.3, 0.4) is 0 Å². The van der Waals surface area contributed by atoms with Crippen LogP contribution < -0.4 is 4.90 Å². The number of benzene rings is 1. The van der Waals surface area contributed by atoms with Gasteiger partial charge in [0.2, 0.25) is 0 Å². The molecule has 0 radical (unpaired) electrons. The number of nitrogens with zero attached hydrogens (tertiary/aromatic N) is 2. The summed E-state index contributed by atoms with van der Waals surface area (Å²) < 4.78 is 12.6. The van der Waals surface area contributed by atoms with Crippen molar-refractivity contribution in [2.24, 2.45) is 23.2 Å². The van der Waals surface area contributed by atoms with Gasteiger partial charge in [0.1, 0.15) is 11.7 Å². The van der Waals surface area contributed by atoms with E-state index in [0.29, 0.717) is 5.92 Å². The van der Waals surface area contributed by atoms with Gasteiger partial charge in [0.25, 0.3) is 0 Å². The highest BCUT2D eigenvalue weighted by atomic mass is 16.6. The highest BCUT2D eigenvalue weighted by Gasteiger charge is 2.78. The van der Waals surface area contributed by atoms with Crippen LogP contribution in [0.2, 0.25) is 0 Å². The lowest BCUT2D eigenvalue weighted by Gasteiger charge is -2.49. The molecule has 0 aromatic heterocycles. The van der Waals surface area contributed by atoms with Crippen LogP contribution in [0.5, 0.6) is 0 Å². The van der Waals surface area contributed by atoms with Crippen molar-refractivity contribution in [1.82, 2.24) is 4.90 Å². The molecule has 2 saturated carbocycles. The average molecular weight is 439 g/mol. The molecule has 3 heterocycles. The molecule has 1 aromatic carbocycles. The smallest absolute Gasteiger partial charge is 0.311 e. The topological polar surface area (TPSA) is 45.3 Å². The average Bonchev–Trinajstić information content (AvgIpc) is 3.45. The second-order valence-corrected chi connectivity index (χ2v) is 11.6. The van der Waals surface area contributed by atoms with E-state index < -0.39 is 0 Å². The Balaban J connectivity index is 1.15. The summed E-state index contributed by atoms with van der Waals surface area (Å²) in [5.74, 6) is 0.825. The molecule has 0 N–H and O–H groups in total. The van der Waals surface area contributed by atoms with Gasteiger partial charge in [-0.1, -0.05) is 32.4 Å². The third-order valence-electron chi connectivity index (χ3n) is 9.94. The van der Waals surface area contributed by atoms with Gasteiger partial charge >= 0.3 is 5.97 Å². The van der Waals surface area contributed by atoms with E-state index >= 15 is 0 Å². The van der Waals surface area contributed by atoms with Crippen LogP contribution >= 0.6 is 0 Å². The molecule has 1 aromatic rings. The Bertz CT molecular complexity index is 925. The van der Waals surface area contributed by atoms with Crippen molar-refractivity contribution >= 4 is 11.7 Å². The molecule has 0 unspecified atom stereocenters. The van der Waals surface area contributed by atoms with Crippen molar-refractivity contribution in [3.05, 3.63) is 29.3 Å². The van der Waals surface area contributed by atoms with Crippen LogP contribution in [0.4, 0.5) is 5.69 Å². The van der Waals surface area contributed by atoms with Gasteiger partial charge in [0.15, 0.2) is 0 Å². The minimum Gasteiger partial charge on any atom is -0.462 e. The Hall–Kier alpha value is -1.59. The molecule has 0 bridgehead atoms. The van der Waals surface area contributed by atoms with Crippen molar-refractivity contribution in [2.75, 3.05) is 37.6 Å². The zero-order valence-corrected chi connectivity index (χ0v) is 20.1. The maximum absolute atomic E-state index is 13.0. The van der Waals surface area contributed by atoms with E-state index in [4.69, 9.17) is 9.47 Å². The molecule has 1 spiro atoms. The predicted octanol–water partition coefficient (Wildman–Crippen LogP) is 3.95. The van der Waals surface area contributed by atoms with Crippen molar-refractivity contribution in [3.8, 4) is 0 Å². The number of hydrogen-bond acceptors (Lipinski definition) is 5. The Kier molecular flexibility index (Phi) is 4.72. The van der Waals surface area contributed by atoms with Crippen molar-refractivity contribution < 1.29 is 14.3 Å². The number of piperazine rings is 1. The van der Waals surface area contributed by atoms with Gasteiger partial charge in [-0.2, -0.15) is 0 Å². The fourth-order valence-corrected chi connectivity index (χ4v) is 7.97. The van der Waals surface area contributed by atoms with Gasteiger partial charge in [0, 0.05) is 49.7 Å². The molecule has 5 nitrogen and oxygen atoms in total. The van der Waals surface area contributed by atoms with Gasteiger partial charge in [0.05, 0.1) is 12.0 Å². The first kappa shape index (κ1) is 21.0. The van der Waals surface area contributed by atoms with E-state index in [-0.39, 0.29) is 41.0 Å². The Morgan fingerprint density at radius 3 is 2.72 bits per heavy atom. The van der Waals surface area contributed by atoms with Gasteiger partial charge in [-0.15, -0.1) is 0 Å². The number of carbonyl (C=O) groups excluding carboxylic acids is 1. The molecule has 0 amide bonds. The summed E-state index contributed by atoms with van der Waals surface area (Å²) in [5, 5.41) is 0. The van der Waals surface area contributed by atoms with Crippen LogP contribution in [0.25, 0.3) is 0 Å². The number of epoxide rings is 1. The summed E-state index contributed by atoms with van der Waals surface area (Å²) in [6.07, 6.45) is 4.99. The standard InChI is InChI=1S/C27H38N2O3/c1-17-7-5-9-21(19(17)3)29-13-11-28(12-14-29)16-20-23-22(31-25(20)30)15-26(4)10-6-8-18(2)27(26)24(23)32-27/h5,7,9,18,20,22-24H,6,8,10-16H2,1-4H3/t18-,20-,22+,23-,24-,26-,27+/m0/s1. The largest absolute Gasteiger partial charge is 0.462 e. The van der Waals surface area contributed by atoms with Crippen LogP contribution in [0.1, 0.15) is 50.7 Å². The number of fused-ring (bicyclic) bond motifs is 2. The highest BCUT2D eigenvalue weighted by molar-refractivity contribution is 5.76. The molecule has 32 heavy (non-hydrogen) atoms. The molecule has 5 aliphatic rings. The number of aryl methyl sites for hydroxylation is 1. The van der Waals surface area contributed by atoms with Crippen LogP contribution in [0.15, 0.2) is 18.2 Å². The highest BCUT2D eigenvalue weighted by Crippen LogP contribution is 2.70. The second-order valence-electron chi connectivity index (χ2n) is 11.6. The first-order valence-corrected chi connectivity index (χ1v) is 12.8. The summed E-state index contributed by atoms with van der Waals surface area (Å²) in [5.41, 5.74) is 4.26. The lowest BCUT2D eigenvalue weighted by atomic mass is 9.53. The molecule has 3 aliphatic heterocycles. The Labute approximate surface area is 192 Å². The molecule has 174 valence electrons. The molecule has 3 saturated heterocycles.